The zero-order valence-electron chi connectivity index (χ0n) is 15.8. The van der Waals surface area contributed by atoms with E-state index in [4.69, 9.17) is 19.9 Å². The summed E-state index contributed by atoms with van der Waals surface area (Å²) in [6, 6.07) is 15.8. The minimum Gasteiger partial charge on any atom is -0.497 e. The number of methoxy groups -OCH3 is 2. The van der Waals surface area contributed by atoms with Crippen molar-refractivity contribution in [2.75, 3.05) is 14.2 Å². The molecule has 0 aliphatic carbocycles. The van der Waals surface area contributed by atoms with Gasteiger partial charge in [-0.1, -0.05) is 30.3 Å². The third-order valence-corrected chi connectivity index (χ3v) is 4.67. The third kappa shape index (κ3) is 3.34. The van der Waals surface area contributed by atoms with E-state index in [1.165, 1.54) is 5.56 Å². The lowest BCUT2D eigenvalue weighted by Gasteiger charge is -2.08. The van der Waals surface area contributed by atoms with E-state index in [2.05, 4.69) is 22.1 Å². The summed E-state index contributed by atoms with van der Waals surface area (Å²) in [5, 5.41) is 8.15. The number of H-pyrrole nitrogens is 1. The Morgan fingerprint density at radius 1 is 1.07 bits per heavy atom. The number of fused-ring (bicyclic) bond motifs is 1. The molecule has 0 bridgehead atoms. The van der Waals surface area contributed by atoms with Crippen LogP contribution in [0.4, 0.5) is 0 Å². The van der Waals surface area contributed by atoms with E-state index in [1.54, 1.807) is 20.5 Å². The van der Waals surface area contributed by atoms with Gasteiger partial charge in [0, 0.05) is 12.6 Å². The number of aromatic nitrogens is 4. The van der Waals surface area contributed by atoms with Gasteiger partial charge < -0.3 is 19.0 Å². The van der Waals surface area contributed by atoms with E-state index in [0.717, 1.165) is 18.5 Å². The second-order valence-electron chi connectivity index (χ2n) is 6.37. The number of nitrogens with zero attached hydrogens (tertiary/aromatic N) is 3. The standard InChI is InChI=1S/C21H21N5O2/c1-27-15-8-9-16(17(12-15)28-2)20-24-18-19(22)23-13-26(21(18)25-20)11-10-14-6-4-3-5-7-14/h3-9,12-13,22H,10-11H2,1-2H3,(H,24,25). The van der Waals surface area contributed by atoms with E-state index in [0.29, 0.717) is 28.5 Å². The molecule has 4 aromatic rings. The maximum atomic E-state index is 8.15. The van der Waals surface area contributed by atoms with Crippen LogP contribution >= 0.6 is 0 Å². The van der Waals surface area contributed by atoms with Gasteiger partial charge in [-0.2, -0.15) is 0 Å². The van der Waals surface area contributed by atoms with Gasteiger partial charge in [0.15, 0.2) is 11.1 Å². The van der Waals surface area contributed by atoms with Crippen LogP contribution in [0.3, 0.4) is 0 Å². The normalized spacial score (nSPS) is 10.9. The largest absolute Gasteiger partial charge is 0.497 e. The number of aromatic amines is 1. The van der Waals surface area contributed by atoms with Gasteiger partial charge in [-0.05, 0) is 24.1 Å². The number of nitrogens with one attached hydrogen (secondary N) is 2. The smallest absolute Gasteiger partial charge is 0.173 e. The first-order chi connectivity index (χ1) is 13.7. The first-order valence-corrected chi connectivity index (χ1v) is 8.95. The highest BCUT2D eigenvalue weighted by molar-refractivity contribution is 5.77. The lowest BCUT2D eigenvalue weighted by molar-refractivity contribution is 0.395. The summed E-state index contributed by atoms with van der Waals surface area (Å²) in [5.41, 5.74) is 3.50. The Kier molecular flexibility index (Phi) is 4.80. The summed E-state index contributed by atoms with van der Waals surface area (Å²) in [6.45, 7) is 0.720. The maximum absolute atomic E-state index is 8.15. The quantitative estimate of drug-likeness (QED) is 0.542. The molecule has 7 heteroatoms. The molecule has 142 valence electrons. The average Bonchev–Trinajstić information content (AvgIpc) is 3.20. The fourth-order valence-corrected chi connectivity index (χ4v) is 3.16. The zero-order chi connectivity index (χ0) is 19.5. The molecule has 2 aromatic heterocycles. The summed E-state index contributed by atoms with van der Waals surface area (Å²) < 4.78 is 12.7. The van der Waals surface area contributed by atoms with Crippen molar-refractivity contribution in [1.29, 1.82) is 5.41 Å². The van der Waals surface area contributed by atoms with Crippen LogP contribution in [0.5, 0.6) is 11.5 Å². The van der Waals surface area contributed by atoms with E-state index in [-0.39, 0.29) is 5.49 Å². The number of rotatable bonds is 6. The first-order valence-electron chi connectivity index (χ1n) is 8.95. The van der Waals surface area contributed by atoms with Gasteiger partial charge in [-0.15, -0.1) is 0 Å². The van der Waals surface area contributed by atoms with Crippen molar-refractivity contribution < 1.29 is 9.47 Å². The topological polar surface area (TPSA) is 88.8 Å². The lowest BCUT2D eigenvalue weighted by atomic mass is 10.1. The van der Waals surface area contributed by atoms with Gasteiger partial charge in [0.2, 0.25) is 0 Å². The third-order valence-electron chi connectivity index (χ3n) is 4.67. The van der Waals surface area contributed by atoms with Gasteiger partial charge >= 0.3 is 0 Å². The van der Waals surface area contributed by atoms with Crippen molar-refractivity contribution >= 4 is 11.2 Å². The number of benzene rings is 2. The number of imidazole rings is 1. The lowest BCUT2D eigenvalue weighted by Crippen LogP contribution is -2.13. The molecule has 0 spiro atoms. The monoisotopic (exact) mass is 375 g/mol. The molecule has 0 saturated carbocycles. The summed E-state index contributed by atoms with van der Waals surface area (Å²) >= 11 is 0. The highest BCUT2D eigenvalue weighted by Crippen LogP contribution is 2.32. The average molecular weight is 375 g/mol. The summed E-state index contributed by atoms with van der Waals surface area (Å²) in [6.07, 6.45) is 2.52. The van der Waals surface area contributed by atoms with Crippen LogP contribution < -0.4 is 15.0 Å². The van der Waals surface area contributed by atoms with Crippen LogP contribution in [-0.2, 0) is 13.0 Å². The predicted molar refractivity (Wildman–Crippen MR) is 106 cm³/mol. The minimum absolute atomic E-state index is 0.164. The number of aryl methyl sites for hydroxylation is 2. The molecule has 0 atom stereocenters. The van der Waals surface area contributed by atoms with Crippen molar-refractivity contribution in [3.05, 3.63) is 65.9 Å². The van der Waals surface area contributed by atoms with E-state index in [1.807, 2.05) is 41.0 Å². The molecule has 0 aliphatic rings. The molecule has 0 unspecified atom stereocenters. The van der Waals surface area contributed by atoms with Crippen LogP contribution in [-0.4, -0.2) is 33.7 Å². The molecule has 7 nitrogen and oxygen atoms in total. The minimum atomic E-state index is 0.164. The molecular formula is C21H21N5O2. The molecule has 0 radical (unpaired) electrons. The van der Waals surface area contributed by atoms with Crippen LogP contribution in [0.25, 0.3) is 22.6 Å². The fraction of sp³-hybridized carbons (Fsp3) is 0.190. The zero-order valence-corrected chi connectivity index (χ0v) is 15.8. The Morgan fingerprint density at radius 3 is 2.64 bits per heavy atom. The first kappa shape index (κ1) is 17.8. The van der Waals surface area contributed by atoms with Gasteiger partial charge in [0.1, 0.15) is 22.8 Å². The highest BCUT2D eigenvalue weighted by atomic mass is 16.5. The Hall–Kier alpha value is -3.61. The second-order valence-corrected chi connectivity index (χ2v) is 6.37. The summed E-state index contributed by atoms with van der Waals surface area (Å²) in [4.78, 5) is 12.2. The van der Waals surface area contributed by atoms with Crippen molar-refractivity contribution in [2.24, 2.45) is 0 Å². The maximum Gasteiger partial charge on any atom is 0.173 e. The molecule has 0 amide bonds. The molecule has 0 fully saturated rings. The highest BCUT2D eigenvalue weighted by Gasteiger charge is 2.14. The van der Waals surface area contributed by atoms with Gasteiger partial charge in [0.25, 0.3) is 0 Å². The van der Waals surface area contributed by atoms with Gasteiger partial charge in [-0.3, -0.25) is 5.41 Å². The fourth-order valence-electron chi connectivity index (χ4n) is 3.16. The molecule has 0 aliphatic heterocycles. The number of hydrogen-bond donors (Lipinski definition) is 2. The molecule has 28 heavy (non-hydrogen) atoms. The van der Waals surface area contributed by atoms with Gasteiger partial charge in [-0.25, -0.2) is 9.97 Å². The van der Waals surface area contributed by atoms with Crippen molar-refractivity contribution in [3.8, 4) is 22.9 Å². The van der Waals surface area contributed by atoms with Crippen LogP contribution in [0, 0.1) is 5.41 Å². The SMILES string of the molecule is COc1ccc(-c2nc3c([nH]2)c(=N)ncn3CCc2ccccc2)c(OC)c1. The predicted octanol–water partition coefficient (Wildman–Crippen LogP) is 3.17. The molecule has 0 saturated heterocycles. The Labute approximate surface area is 162 Å². The molecular weight excluding hydrogens is 354 g/mol. The van der Waals surface area contributed by atoms with Crippen LogP contribution in [0.2, 0.25) is 0 Å². The molecule has 2 aromatic carbocycles. The van der Waals surface area contributed by atoms with Crippen molar-refractivity contribution in [3.63, 3.8) is 0 Å². The molecule has 2 heterocycles. The van der Waals surface area contributed by atoms with Crippen molar-refractivity contribution in [1.82, 2.24) is 19.5 Å². The van der Waals surface area contributed by atoms with Crippen LogP contribution in [0.1, 0.15) is 5.56 Å². The Bertz CT molecular complexity index is 1160. The summed E-state index contributed by atoms with van der Waals surface area (Å²) in [5.74, 6) is 1.98. The summed E-state index contributed by atoms with van der Waals surface area (Å²) in [7, 11) is 3.22. The number of ether oxygens (including phenoxy) is 2. The van der Waals surface area contributed by atoms with Crippen molar-refractivity contribution in [2.45, 2.75) is 13.0 Å². The van der Waals surface area contributed by atoms with Crippen LogP contribution in [0.15, 0.2) is 54.9 Å². The number of hydrogen-bond acceptors (Lipinski definition) is 5. The Balaban J connectivity index is 1.74. The van der Waals surface area contributed by atoms with E-state index >= 15 is 0 Å². The van der Waals surface area contributed by atoms with E-state index < -0.39 is 0 Å². The molecule has 4 rings (SSSR count). The molecule has 2 N–H and O–H groups in total. The van der Waals surface area contributed by atoms with E-state index in [9.17, 15) is 0 Å². The Morgan fingerprint density at radius 2 is 1.89 bits per heavy atom. The second kappa shape index (κ2) is 7.56. The van der Waals surface area contributed by atoms with Gasteiger partial charge in [0.05, 0.1) is 26.1 Å².